The van der Waals surface area contributed by atoms with Crippen molar-refractivity contribution in [2.24, 2.45) is 0 Å². The fourth-order valence-corrected chi connectivity index (χ4v) is 1.83. The molecule has 0 aliphatic heterocycles. The van der Waals surface area contributed by atoms with Crippen LogP contribution in [0.15, 0.2) is 24.3 Å². The summed E-state index contributed by atoms with van der Waals surface area (Å²) in [7, 11) is 1.85. The molecule has 2 rings (SSSR count). The average molecular weight is 214 g/mol. The van der Waals surface area contributed by atoms with Gasteiger partial charge in [0.1, 0.15) is 0 Å². The molecule has 1 saturated carbocycles. The molecule has 3 heteroatoms. The number of carbonyl (C=O) groups excluding carboxylic acids is 1. The van der Waals surface area contributed by atoms with Gasteiger partial charge in [-0.1, -0.05) is 0 Å². The van der Waals surface area contributed by atoms with Crippen molar-refractivity contribution >= 4 is 5.91 Å². The zero-order chi connectivity index (χ0) is 11.5. The number of carbonyl (C=O) groups is 1. The molecule has 0 radical (unpaired) electrons. The van der Waals surface area contributed by atoms with E-state index < -0.39 is 0 Å². The molecular weight excluding hydrogens is 200 g/mol. The average Bonchev–Trinajstić information content (AvgIpc) is 2.26. The van der Waals surface area contributed by atoms with Crippen LogP contribution in [0.3, 0.4) is 0 Å². The van der Waals surface area contributed by atoms with Gasteiger partial charge in [-0.15, -0.1) is 0 Å². The van der Waals surface area contributed by atoms with E-state index in [2.05, 4.69) is 0 Å². The van der Waals surface area contributed by atoms with Gasteiger partial charge in [0.05, 0.1) is 11.6 Å². The fourth-order valence-electron chi connectivity index (χ4n) is 1.83. The molecule has 1 aromatic carbocycles. The van der Waals surface area contributed by atoms with E-state index in [-0.39, 0.29) is 5.91 Å². The molecule has 0 aromatic heterocycles. The van der Waals surface area contributed by atoms with Crippen molar-refractivity contribution < 1.29 is 4.79 Å². The number of nitrogens with zero attached hydrogens (tertiary/aromatic N) is 2. The smallest absolute Gasteiger partial charge is 0.253 e. The zero-order valence-corrected chi connectivity index (χ0v) is 9.31. The molecule has 1 aliphatic rings. The number of amides is 1. The molecule has 82 valence electrons. The lowest BCUT2D eigenvalue weighted by Crippen LogP contribution is -2.41. The highest BCUT2D eigenvalue weighted by molar-refractivity contribution is 5.94. The summed E-state index contributed by atoms with van der Waals surface area (Å²) in [5, 5.41) is 8.67. The van der Waals surface area contributed by atoms with E-state index in [1.807, 2.05) is 18.0 Å². The van der Waals surface area contributed by atoms with Gasteiger partial charge in [0.15, 0.2) is 0 Å². The van der Waals surface area contributed by atoms with Crippen molar-refractivity contribution in [2.75, 3.05) is 7.05 Å². The largest absolute Gasteiger partial charge is 0.339 e. The standard InChI is InChI=1S/C13H14N2O/c1-15(12-3-2-4-12)13(16)11-7-5-10(9-14)6-8-11/h5-8,12H,2-4H2,1H3. The lowest BCUT2D eigenvalue weighted by molar-refractivity contribution is 0.0652. The first-order chi connectivity index (χ1) is 7.72. The zero-order valence-electron chi connectivity index (χ0n) is 9.31. The molecule has 3 nitrogen and oxygen atoms in total. The van der Waals surface area contributed by atoms with Gasteiger partial charge in [-0.25, -0.2) is 0 Å². The van der Waals surface area contributed by atoms with Crippen LogP contribution in [0.25, 0.3) is 0 Å². The number of hydrogen-bond acceptors (Lipinski definition) is 2. The van der Waals surface area contributed by atoms with E-state index in [0.717, 1.165) is 12.8 Å². The summed E-state index contributed by atoms with van der Waals surface area (Å²) in [6.07, 6.45) is 3.44. The lowest BCUT2D eigenvalue weighted by atomic mass is 9.91. The first kappa shape index (κ1) is 10.7. The molecule has 0 unspecified atom stereocenters. The van der Waals surface area contributed by atoms with E-state index in [1.165, 1.54) is 6.42 Å². The highest BCUT2D eigenvalue weighted by Crippen LogP contribution is 2.24. The van der Waals surface area contributed by atoms with E-state index >= 15 is 0 Å². The normalized spacial score (nSPS) is 15.0. The SMILES string of the molecule is CN(C(=O)c1ccc(C#N)cc1)C1CCC1. The predicted octanol–water partition coefficient (Wildman–Crippen LogP) is 2.18. The number of hydrogen-bond donors (Lipinski definition) is 0. The van der Waals surface area contributed by atoms with Crippen molar-refractivity contribution in [3.05, 3.63) is 35.4 Å². The third-order valence-electron chi connectivity index (χ3n) is 3.20. The van der Waals surface area contributed by atoms with Crippen LogP contribution in [0.2, 0.25) is 0 Å². The van der Waals surface area contributed by atoms with Gasteiger partial charge in [0.2, 0.25) is 0 Å². The van der Waals surface area contributed by atoms with Gasteiger partial charge in [0, 0.05) is 18.7 Å². The van der Waals surface area contributed by atoms with E-state index in [0.29, 0.717) is 17.2 Å². The van der Waals surface area contributed by atoms with Gasteiger partial charge in [-0.3, -0.25) is 4.79 Å². The van der Waals surface area contributed by atoms with Gasteiger partial charge < -0.3 is 4.90 Å². The molecule has 1 amide bonds. The maximum atomic E-state index is 12.0. The Kier molecular flexibility index (Phi) is 2.91. The van der Waals surface area contributed by atoms with Crippen LogP contribution in [0.5, 0.6) is 0 Å². The van der Waals surface area contributed by atoms with Crippen LogP contribution in [0, 0.1) is 11.3 Å². The van der Waals surface area contributed by atoms with E-state index in [1.54, 1.807) is 24.3 Å². The van der Waals surface area contributed by atoms with Crippen molar-refractivity contribution in [3.8, 4) is 6.07 Å². The highest BCUT2D eigenvalue weighted by Gasteiger charge is 2.26. The molecule has 0 N–H and O–H groups in total. The van der Waals surface area contributed by atoms with Gasteiger partial charge in [-0.2, -0.15) is 5.26 Å². The quantitative estimate of drug-likeness (QED) is 0.757. The lowest BCUT2D eigenvalue weighted by Gasteiger charge is -2.34. The molecule has 0 bridgehead atoms. The number of rotatable bonds is 2. The maximum Gasteiger partial charge on any atom is 0.253 e. The third kappa shape index (κ3) is 1.92. The molecule has 0 spiro atoms. The van der Waals surface area contributed by atoms with Gasteiger partial charge in [0.25, 0.3) is 5.91 Å². The topological polar surface area (TPSA) is 44.1 Å². The molecule has 0 atom stereocenters. The predicted molar refractivity (Wildman–Crippen MR) is 60.9 cm³/mol. The first-order valence-electron chi connectivity index (χ1n) is 5.49. The monoisotopic (exact) mass is 214 g/mol. The summed E-state index contributed by atoms with van der Waals surface area (Å²) < 4.78 is 0. The van der Waals surface area contributed by atoms with Crippen molar-refractivity contribution in [1.82, 2.24) is 4.90 Å². The number of benzene rings is 1. The summed E-state index contributed by atoms with van der Waals surface area (Å²) in [6.45, 7) is 0. The minimum Gasteiger partial charge on any atom is -0.339 e. The Morgan fingerprint density at radius 2 is 2.00 bits per heavy atom. The van der Waals surface area contributed by atoms with E-state index in [9.17, 15) is 4.79 Å². The van der Waals surface area contributed by atoms with Crippen LogP contribution in [0.1, 0.15) is 35.2 Å². The minimum absolute atomic E-state index is 0.0502. The molecule has 1 fully saturated rings. The van der Waals surface area contributed by atoms with Crippen LogP contribution >= 0.6 is 0 Å². The fraction of sp³-hybridized carbons (Fsp3) is 0.385. The van der Waals surface area contributed by atoms with Crippen LogP contribution in [-0.4, -0.2) is 23.9 Å². The summed E-state index contributed by atoms with van der Waals surface area (Å²) in [5.41, 5.74) is 1.25. The summed E-state index contributed by atoms with van der Waals surface area (Å²) in [4.78, 5) is 13.8. The van der Waals surface area contributed by atoms with Crippen LogP contribution in [-0.2, 0) is 0 Å². The van der Waals surface area contributed by atoms with Crippen LogP contribution in [0.4, 0.5) is 0 Å². The van der Waals surface area contributed by atoms with E-state index in [4.69, 9.17) is 5.26 Å². The second-order valence-corrected chi connectivity index (χ2v) is 4.19. The summed E-state index contributed by atoms with van der Waals surface area (Å²) >= 11 is 0. The Morgan fingerprint density at radius 3 is 2.44 bits per heavy atom. The Bertz CT molecular complexity index is 426. The number of nitriles is 1. The highest BCUT2D eigenvalue weighted by atomic mass is 16.2. The minimum atomic E-state index is 0.0502. The Hall–Kier alpha value is -1.82. The molecule has 0 heterocycles. The van der Waals surface area contributed by atoms with Crippen LogP contribution < -0.4 is 0 Å². The Labute approximate surface area is 95.3 Å². The van der Waals surface area contributed by atoms with Gasteiger partial charge in [-0.05, 0) is 43.5 Å². The van der Waals surface area contributed by atoms with Gasteiger partial charge >= 0.3 is 0 Å². The Morgan fingerprint density at radius 1 is 1.38 bits per heavy atom. The second kappa shape index (κ2) is 4.36. The van der Waals surface area contributed by atoms with Crippen molar-refractivity contribution in [3.63, 3.8) is 0 Å². The first-order valence-corrected chi connectivity index (χ1v) is 5.49. The Balaban J connectivity index is 2.11. The second-order valence-electron chi connectivity index (χ2n) is 4.19. The van der Waals surface area contributed by atoms with Crippen molar-refractivity contribution in [1.29, 1.82) is 5.26 Å². The summed E-state index contributed by atoms with van der Waals surface area (Å²) in [5.74, 6) is 0.0502. The molecular formula is C13H14N2O. The maximum absolute atomic E-state index is 12.0. The van der Waals surface area contributed by atoms with Crippen molar-refractivity contribution in [2.45, 2.75) is 25.3 Å². The molecule has 1 aromatic rings. The third-order valence-corrected chi connectivity index (χ3v) is 3.20. The molecule has 16 heavy (non-hydrogen) atoms. The molecule has 0 saturated heterocycles. The summed E-state index contributed by atoms with van der Waals surface area (Å²) in [6, 6.07) is 9.25. The molecule has 1 aliphatic carbocycles.